The molecule has 0 bridgehead atoms. The number of nitrogens with one attached hydrogen (secondary N) is 3. The van der Waals surface area contributed by atoms with Gasteiger partial charge in [0.1, 0.15) is 5.60 Å². The van der Waals surface area contributed by atoms with Crippen LogP contribution in [0.1, 0.15) is 41.6 Å². The Morgan fingerprint density at radius 1 is 1.14 bits per heavy atom. The average molecular weight is 516 g/mol. The molecule has 28 heavy (non-hydrogen) atoms. The molecular weight excluding hydrogens is 487 g/mol. The van der Waals surface area contributed by atoms with Crippen LogP contribution >= 0.6 is 35.3 Å². The van der Waals surface area contributed by atoms with Gasteiger partial charge in [-0.3, -0.25) is 4.79 Å². The maximum atomic E-state index is 12.0. The topological polar surface area (TPSA) is 85.8 Å². The normalized spacial score (nSPS) is 13.2. The number of carbonyl (C=O) groups is 1. The number of nitrogens with zero attached hydrogens (tertiary/aromatic N) is 1. The number of aliphatic imine (C=N–C) groups is 1. The van der Waals surface area contributed by atoms with Gasteiger partial charge >= 0.3 is 0 Å². The van der Waals surface area contributed by atoms with E-state index in [4.69, 9.17) is 0 Å². The Balaban J connectivity index is 0.00000392. The fraction of sp³-hybridized carbons (Fsp3) is 0.400. The molecule has 2 aromatic rings. The Morgan fingerprint density at radius 3 is 2.54 bits per heavy atom. The lowest BCUT2D eigenvalue weighted by atomic mass is 10.1. The van der Waals surface area contributed by atoms with Crippen LogP contribution in [0.25, 0.3) is 0 Å². The van der Waals surface area contributed by atoms with Crippen molar-refractivity contribution in [3.63, 3.8) is 0 Å². The molecule has 0 saturated carbocycles. The lowest BCUT2D eigenvalue weighted by molar-refractivity contribution is 0.0655. The fourth-order valence-corrected chi connectivity index (χ4v) is 3.30. The van der Waals surface area contributed by atoms with Crippen molar-refractivity contribution in [2.45, 2.75) is 32.9 Å². The largest absolute Gasteiger partial charge is 0.383 e. The Hall–Kier alpha value is -1.65. The molecule has 4 N–H and O–H groups in total. The van der Waals surface area contributed by atoms with Gasteiger partial charge in [-0.25, -0.2) is 4.99 Å². The van der Waals surface area contributed by atoms with Crippen LogP contribution in [0.15, 0.2) is 46.8 Å². The maximum absolute atomic E-state index is 12.0. The van der Waals surface area contributed by atoms with E-state index in [0.29, 0.717) is 37.7 Å². The highest BCUT2D eigenvalue weighted by atomic mass is 127. The second-order valence-corrected chi connectivity index (χ2v) is 7.31. The summed E-state index contributed by atoms with van der Waals surface area (Å²) in [6.45, 7) is 7.76. The predicted molar refractivity (Wildman–Crippen MR) is 127 cm³/mol. The van der Waals surface area contributed by atoms with Crippen LogP contribution in [0, 0.1) is 0 Å². The molecule has 0 aliphatic rings. The molecule has 154 valence electrons. The first-order chi connectivity index (χ1) is 13.0. The van der Waals surface area contributed by atoms with E-state index in [1.54, 1.807) is 13.0 Å². The van der Waals surface area contributed by atoms with Gasteiger partial charge in [0.05, 0.1) is 13.1 Å². The number of aliphatic hydroxyl groups is 1. The van der Waals surface area contributed by atoms with Crippen molar-refractivity contribution in [1.82, 2.24) is 16.0 Å². The quantitative estimate of drug-likeness (QED) is 0.247. The molecule has 0 saturated heterocycles. The van der Waals surface area contributed by atoms with E-state index in [2.05, 4.69) is 20.9 Å². The Morgan fingerprint density at radius 2 is 1.89 bits per heavy atom. The minimum atomic E-state index is -0.970. The summed E-state index contributed by atoms with van der Waals surface area (Å²) in [5.41, 5.74) is 0.604. The first kappa shape index (κ1) is 24.4. The van der Waals surface area contributed by atoms with Gasteiger partial charge in [-0.15, -0.1) is 35.3 Å². The first-order valence-electron chi connectivity index (χ1n) is 9.12. The molecule has 1 aromatic heterocycles. The molecule has 6 nitrogen and oxygen atoms in total. The van der Waals surface area contributed by atoms with E-state index < -0.39 is 5.60 Å². The van der Waals surface area contributed by atoms with Crippen LogP contribution in [-0.4, -0.2) is 36.6 Å². The fourth-order valence-electron chi connectivity index (χ4n) is 2.51. The lowest BCUT2D eigenvalue weighted by Gasteiger charge is -2.23. The number of benzene rings is 1. The van der Waals surface area contributed by atoms with Crippen molar-refractivity contribution in [2.75, 3.05) is 19.6 Å². The second kappa shape index (κ2) is 12.0. The smallest absolute Gasteiger partial charge is 0.251 e. The van der Waals surface area contributed by atoms with E-state index in [9.17, 15) is 9.90 Å². The Bertz CT molecular complexity index is 763. The van der Waals surface area contributed by atoms with E-state index in [0.717, 1.165) is 10.4 Å². The molecule has 1 unspecified atom stereocenters. The maximum Gasteiger partial charge on any atom is 0.251 e. The summed E-state index contributed by atoms with van der Waals surface area (Å²) in [5, 5.41) is 21.8. The molecule has 1 heterocycles. The first-order valence-corrected chi connectivity index (χ1v) is 10.00. The summed E-state index contributed by atoms with van der Waals surface area (Å²) < 4.78 is 0. The number of thiophene rings is 1. The van der Waals surface area contributed by atoms with Gasteiger partial charge in [0.2, 0.25) is 0 Å². The number of hydrogen-bond acceptors (Lipinski definition) is 4. The van der Waals surface area contributed by atoms with E-state index >= 15 is 0 Å². The SMILES string of the molecule is CCNC(=O)c1cccc(CN=C(NCC)NCC(C)(O)c2cccs2)c1.I. The summed E-state index contributed by atoms with van der Waals surface area (Å²) in [4.78, 5) is 17.4. The van der Waals surface area contributed by atoms with Gasteiger partial charge in [0.25, 0.3) is 5.91 Å². The van der Waals surface area contributed by atoms with Crippen LogP contribution in [0.2, 0.25) is 0 Å². The third-order valence-corrected chi connectivity index (χ3v) is 5.07. The number of rotatable bonds is 8. The molecule has 8 heteroatoms. The van der Waals surface area contributed by atoms with Gasteiger partial charge in [0.15, 0.2) is 5.96 Å². The second-order valence-electron chi connectivity index (χ2n) is 6.36. The number of halogens is 1. The molecule has 0 fully saturated rings. The van der Waals surface area contributed by atoms with E-state index in [1.165, 1.54) is 11.3 Å². The average Bonchev–Trinajstić information content (AvgIpc) is 3.20. The minimum Gasteiger partial charge on any atom is -0.383 e. The third kappa shape index (κ3) is 7.40. The van der Waals surface area contributed by atoms with Crippen LogP contribution in [0.4, 0.5) is 0 Å². The van der Waals surface area contributed by atoms with Crippen LogP contribution < -0.4 is 16.0 Å². The van der Waals surface area contributed by atoms with E-state index in [1.807, 2.05) is 49.6 Å². The summed E-state index contributed by atoms with van der Waals surface area (Å²) in [6, 6.07) is 11.3. The van der Waals surface area contributed by atoms with Crippen LogP contribution in [0.5, 0.6) is 0 Å². The van der Waals surface area contributed by atoms with E-state index in [-0.39, 0.29) is 29.9 Å². The van der Waals surface area contributed by atoms with Crippen LogP contribution in [0.3, 0.4) is 0 Å². The van der Waals surface area contributed by atoms with Crippen molar-refractivity contribution in [2.24, 2.45) is 4.99 Å². The summed E-state index contributed by atoms with van der Waals surface area (Å²) >= 11 is 1.53. The standard InChI is InChI=1S/C20H28N4O2S.HI/c1-4-21-18(25)16-9-6-8-15(12-16)13-23-19(22-5-2)24-14-20(3,26)17-10-7-11-27-17;/h6-12,26H,4-5,13-14H2,1-3H3,(H,21,25)(H2,22,23,24);1H. The van der Waals surface area contributed by atoms with Gasteiger partial charge in [-0.2, -0.15) is 0 Å². The van der Waals surface area contributed by atoms with Crippen molar-refractivity contribution in [1.29, 1.82) is 0 Å². The molecule has 1 atom stereocenters. The van der Waals surface area contributed by atoms with Gasteiger partial charge in [-0.05, 0) is 49.9 Å². The van der Waals surface area contributed by atoms with Crippen molar-refractivity contribution in [3.05, 3.63) is 57.8 Å². The van der Waals surface area contributed by atoms with Crippen LogP contribution in [-0.2, 0) is 12.1 Å². The Kier molecular flexibility index (Phi) is 10.5. The zero-order valence-corrected chi connectivity index (χ0v) is 19.6. The number of hydrogen-bond donors (Lipinski definition) is 4. The number of carbonyl (C=O) groups excluding carboxylic acids is 1. The molecule has 0 spiro atoms. The van der Waals surface area contributed by atoms with Gasteiger partial charge in [0, 0.05) is 23.5 Å². The highest BCUT2D eigenvalue weighted by molar-refractivity contribution is 14.0. The van der Waals surface area contributed by atoms with Crippen molar-refractivity contribution >= 4 is 47.2 Å². The predicted octanol–water partition coefficient (Wildman–Crippen LogP) is 3.08. The van der Waals surface area contributed by atoms with Crippen molar-refractivity contribution < 1.29 is 9.90 Å². The number of amides is 1. The lowest BCUT2D eigenvalue weighted by Crippen LogP contribution is -2.44. The zero-order valence-electron chi connectivity index (χ0n) is 16.5. The zero-order chi connectivity index (χ0) is 19.7. The molecular formula is C20H29IN4O2S. The summed E-state index contributed by atoms with van der Waals surface area (Å²) in [7, 11) is 0. The van der Waals surface area contributed by atoms with Crippen molar-refractivity contribution in [3.8, 4) is 0 Å². The molecule has 0 aliphatic carbocycles. The molecule has 1 amide bonds. The minimum absolute atomic E-state index is 0. The number of guanidine groups is 1. The monoisotopic (exact) mass is 516 g/mol. The van der Waals surface area contributed by atoms with Gasteiger partial charge in [-0.1, -0.05) is 18.2 Å². The highest BCUT2D eigenvalue weighted by Gasteiger charge is 2.24. The third-order valence-electron chi connectivity index (χ3n) is 3.94. The molecule has 0 aliphatic heterocycles. The summed E-state index contributed by atoms with van der Waals surface area (Å²) in [5.74, 6) is 0.540. The van der Waals surface area contributed by atoms with Gasteiger partial charge < -0.3 is 21.1 Å². The Labute approximate surface area is 187 Å². The molecule has 0 radical (unpaired) electrons. The summed E-state index contributed by atoms with van der Waals surface area (Å²) in [6.07, 6.45) is 0. The molecule has 1 aromatic carbocycles. The highest BCUT2D eigenvalue weighted by Crippen LogP contribution is 2.24. The molecule has 2 rings (SSSR count).